The Labute approximate surface area is 117 Å². The standard InChI is InChI=1S/C12H20N2O6/c1-11(2,3)19-9(17)13-7(8(15)16)14-10(18)20-12(4,5)6/h1-6H3,(H,15,16)(H,13,14,17,18). The number of carbonyl (C=O) groups excluding carboxylic acids is 2. The monoisotopic (exact) mass is 288 g/mol. The molecule has 0 aromatic heterocycles. The third-order valence-electron chi connectivity index (χ3n) is 1.42. The van der Waals surface area contributed by atoms with E-state index in [2.05, 4.69) is 4.99 Å². The van der Waals surface area contributed by atoms with E-state index in [4.69, 9.17) is 14.6 Å². The van der Waals surface area contributed by atoms with Crippen molar-refractivity contribution in [3.63, 3.8) is 0 Å². The van der Waals surface area contributed by atoms with E-state index < -0.39 is 35.2 Å². The average Bonchev–Trinajstić information content (AvgIpc) is 2.09. The molecule has 0 aromatic carbocycles. The molecule has 20 heavy (non-hydrogen) atoms. The maximum atomic E-state index is 11.4. The molecule has 0 bridgehead atoms. The normalized spacial score (nSPS) is 12.6. The summed E-state index contributed by atoms with van der Waals surface area (Å²) in [4.78, 5) is 36.9. The van der Waals surface area contributed by atoms with Crippen molar-refractivity contribution in [3.8, 4) is 0 Å². The van der Waals surface area contributed by atoms with Crippen LogP contribution in [0.5, 0.6) is 0 Å². The van der Waals surface area contributed by atoms with Gasteiger partial charge in [0.1, 0.15) is 11.2 Å². The molecular weight excluding hydrogens is 268 g/mol. The second-order valence-corrected chi connectivity index (χ2v) is 5.87. The van der Waals surface area contributed by atoms with Crippen molar-refractivity contribution in [1.82, 2.24) is 5.32 Å². The molecule has 2 N–H and O–H groups in total. The molecule has 0 unspecified atom stereocenters. The summed E-state index contributed by atoms with van der Waals surface area (Å²) in [7, 11) is 0. The molecule has 0 radical (unpaired) electrons. The third kappa shape index (κ3) is 8.90. The van der Waals surface area contributed by atoms with Crippen LogP contribution in [-0.2, 0) is 14.3 Å². The summed E-state index contributed by atoms with van der Waals surface area (Å²) < 4.78 is 9.67. The van der Waals surface area contributed by atoms with Gasteiger partial charge in [0.2, 0.25) is 5.84 Å². The summed E-state index contributed by atoms with van der Waals surface area (Å²) in [6.07, 6.45) is -2.15. The lowest BCUT2D eigenvalue weighted by atomic mass is 10.2. The van der Waals surface area contributed by atoms with Crippen LogP contribution >= 0.6 is 0 Å². The lowest BCUT2D eigenvalue weighted by Crippen LogP contribution is -2.40. The van der Waals surface area contributed by atoms with Crippen LogP contribution in [0.4, 0.5) is 9.59 Å². The molecule has 0 saturated carbocycles. The molecule has 114 valence electrons. The molecule has 0 saturated heterocycles. The predicted octanol–water partition coefficient (Wildman–Crippen LogP) is 1.93. The van der Waals surface area contributed by atoms with E-state index >= 15 is 0 Å². The highest BCUT2D eigenvalue weighted by Gasteiger charge is 2.23. The number of amidine groups is 1. The number of nitrogens with one attached hydrogen (secondary N) is 1. The van der Waals surface area contributed by atoms with Crippen LogP contribution in [0.2, 0.25) is 0 Å². The van der Waals surface area contributed by atoms with E-state index in [1.165, 1.54) is 0 Å². The number of amides is 2. The van der Waals surface area contributed by atoms with Crippen molar-refractivity contribution in [1.29, 1.82) is 0 Å². The molecule has 0 aliphatic heterocycles. The lowest BCUT2D eigenvalue weighted by molar-refractivity contribution is -0.129. The predicted molar refractivity (Wildman–Crippen MR) is 70.7 cm³/mol. The molecule has 8 heteroatoms. The first-order valence-electron chi connectivity index (χ1n) is 5.85. The number of aliphatic carboxylic acids is 1. The number of carboxylic acid groups (broad SMARTS) is 1. The number of alkyl carbamates (subject to hydrolysis) is 1. The van der Waals surface area contributed by atoms with Gasteiger partial charge in [0.15, 0.2) is 0 Å². The number of aliphatic imine (C=N–C) groups is 1. The number of rotatable bonds is 0. The van der Waals surface area contributed by atoms with Gasteiger partial charge < -0.3 is 14.6 Å². The maximum Gasteiger partial charge on any atom is 0.436 e. The second kappa shape index (κ2) is 6.36. The molecule has 8 nitrogen and oxygen atoms in total. The Morgan fingerprint density at radius 3 is 1.75 bits per heavy atom. The number of nitrogens with zero attached hydrogens (tertiary/aromatic N) is 1. The second-order valence-electron chi connectivity index (χ2n) is 5.87. The van der Waals surface area contributed by atoms with Crippen LogP contribution in [0.3, 0.4) is 0 Å². The average molecular weight is 288 g/mol. The molecule has 0 atom stereocenters. The Kier molecular flexibility index (Phi) is 5.68. The van der Waals surface area contributed by atoms with Gasteiger partial charge in [-0.15, -0.1) is 4.99 Å². The van der Waals surface area contributed by atoms with Gasteiger partial charge in [-0.2, -0.15) is 0 Å². The SMILES string of the molecule is CC(C)(C)OC(=O)/N=C(\NC(=O)OC(C)(C)C)C(=O)O. The Morgan fingerprint density at radius 2 is 1.40 bits per heavy atom. The minimum absolute atomic E-state index is 0.806. The zero-order valence-corrected chi connectivity index (χ0v) is 12.4. The highest BCUT2D eigenvalue weighted by molar-refractivity contribution is 6.38. The zero-order chi connectivity index (χ0) is 16.1. The van der Waals surface area contributed by atoms with Gasteiger partial charge in [0.25, 0.3) is 0 Å². The van der Waals surface area contributed by atoms with Crippen molar-refractivity contribution in [3.05, 3.63) is 0 Å². The first kappa shape index (κ1) is 17.9. The molecule has 0 rings (SSSR count). The van der Waals surface area contributed by atoms with Crippen LogP contribution in [0, 0.1) is 0 Å². The lowest BCUT2D eigenvalue weighted by Gasteiger charge is -2.20. The van der Waals surface area contributed by atoms with E-state index in [0.717, 1.165) is 0 Å². The summed E-state index contributed by atoms with van der Waals surface area (Å²) in [5.74, 6) is -2.45. The van der Waals surface area contributed by atoms with Crippen LogP contribution in [0.15, 0.2) is 4.99 Å². The quantitative estimate of drug-likeness (QED) is 0.520. The first-order valence-corrected chi connectivity index (χ1v) is 5.85. The van der Waals surface area contributed by atoms with Crippen LogP contribution < -0.4 is 5.32 Å². The summed E-state index contributed by atoms with van der Waals surface area (Å²) >= 11 is 0. The molecule has 0 fully saturated rings. The fourth-order valence-electron chi connectivity index (χ4n) is 0.906. The number of carbonyl (C=O) groups is 3. The molecule has 0 spiro atoms. The number of ether oxygens (including phenoxy) is 2. The van der Waals surface area contributed by atoms with E-state index in [-0.39, 0.29) is 0 Å². The van der Waals surface area contributed by atoms with Crippen LogP contribution in [0.25, 0.3) is 0 Å². The molecular formula is C12H20N2O6. The summed E-state index contributed by atoms with van der Waals surface area (Å²) in [5, 5.41) is 10.7. The van der Waals surface area contributed by atoms with Crippen molar-refractivity contribution in [2.75, 3.05) is 0 Å². The fourth-order valence-corrected chi connectivity index (χ4v) is 0.906. The van der Waals surface area contributed by atoms with E-state index in [1.54, 1.807) is 41.5 Å². The zero-order valence-electron chi connectivity index (χ0n) is 12.4. The summed E-state index contributed by atoms with van der Waals surface area (Å²) in [6.45, 7) is 9.63. The maximum absolute atomic E-state index is 11.4. The van der Waals surface area contributed by atoms with E-state index in [1.807, 2.05) is 5.32 Å². The smallest absolute Gasteiger partial charge is 0.436 e. The Morgan fingerprint density at radius 1 is 0.950 bits per heavy atom. The third-order valence-corrected chi connectivity index (χ3v) is 1.42. The first-order chi connectivity index (χ1) is 8.80. The Hall–Kier alpha value is -2.12. The molecule has 2 amide bonds. The highest BCUT2D eigenvalue weighted by atomic mass is 16.6. The Balaban J connectivity index is 4.87. The van der Waals surface area contributed by atoms with Gasteiger partial charge >= 0.3 is 18.2 Å². The van der Waals surface area contributed by atoms with Gasteiger partial charge in [0, 0.05) is 0 Å². The molecule has 0 aliphatic rings. The van der Waals surface area contributed by atoms with Crippen molar-refractivity contribution in [2.45, 2.75) is 52.7 Å². The summed E-state index contributed by atoms with van der Waals surface area (Å²) in [6, 6.07) is 0. The van der Waals surface area contributed by atoms with E-state index in [9.17, 15) is 14.4 Å². The van der Waals surface area contributed by atoms with Crippen molar-refractivity contribution < 1.29 is 29.0 Å². The van der Waals surface area contributed by atoms with Crippen LogP contribution in [-0.4, -0.2) is 40.3 Å². The van der Waals surface area contributed by atoms with Gasteiger partial charge in [-0.05, 0) is 41.5 Å². The number of hydrogen-bond acceptors (Lipinski definition) is 5. The highest BCUT2D eigenvalue weighted by Crippen LogP contribution is 2.08. The molecule has 0 aromatic rings. The van der Waals surface area contributed by atoms with Crippen LogP contribution in [0.1, 0.15) is 41.5 Å². The molecule has 0 aliphatic carbocycles. The van der Waals surface area contributed by atoms with Crippen molar-refractivity contribution in [2.24, 2.45) is 4.99 Å². The molecule has 0 heterocycles. The topological polar surface area (TPSA) is 114 Å². The van der Waals surface area contributed by atoms with Gasteiger partial charge in [-0.1, -0.05) is 0 Å². The van der Waals surface area contributed by atoms with Gasteiger partial charge in [-0.3, -0.25) is 5.32 Å². The minimum atomic E-state index is -1.58. The van der Waals surface area contributed by atoms with Crippen molar-refractivity contribution >= 4 is 24.0 Å². The number of carboxylic acids is 1. The Bertz CT molecular complexity index is 428. The minimum Gasteiger partial charge on any atom is -0.475 e. The van der Waals surface area contributed by atoms with Gasteiger partial charge in [-0.25, -0.2) is 14.4 Å². The fraction of sp³-hybridized carbons (Fsp3) is 0.667. The van der Waals surface area contributed by atoms with Gasteiger partial charge in [0.05, 0.1) is 0 Å². The number of hydrogen-bond donors (Lipinski definition) is 2. The van der Waals surface area contributed by atoms with E-state index in [0.29, 0.717) is 0 Å². The largest absolute Gasteiger partial charge is 0.475 e. The summed E-state index contributed by atoms with van der Waals surface area (Å²) in [5.41, 5.74) is -1.63.